The van der Waals surface area contributed by atoms with Crippen molar-refractivity contribution in [1.82, 2.24) is 4.98 Å². The van der Waals surface area contributed by atoms with Crippen molar-refractivity contribution < 1.29 is 23.0 Å². The van der Waals surface area contributed by atoms with Gasteiger partial charge in [-0.2, -0.15) is 13.2 Å². The highest BCUT2D eigenvalue weighted by Gasteiger charge is 2.30. The summed E-state index contributed by atoms with van der Waals surface area (Å²) in [6, 6.07) is 9.61. The van der Waals surface area contributed by atoms with Gasteiger partial charge in [-0.1, -0.05) is 6.07 Å². The summed E-state index contributed by atoms with van der Waals surface area (Å²) in [6.45, 7) is 0.131. The van der Waals surface area contributed by atoms with Gasteiger partial charge in [0.15, 0.2) is 0 Å². The van der Waals surface area contributed by atoms with Gasteiger partial charge in [-0.15, -0.1) is 0 Å². The number of halogens is 3. The van der Waals surface area contributed by atoms with Gasteiger partial charge in [-0.3, -0.25) is 0 Å². The topological polar surface area (TPSA) is 45.2 Å². The molecule has 0 spiro atoms. The van der Waals surface area contributed by atoms with E-state index in [9.17, 15) is 18.3 Å². The quantitative estimate of drug-likeness (QED) is 0.750. The zero-order chi connectivity index (χ0) is 15.7. The lowest BCUT2D eigenvalue weighted by Crippen LogP contribution is -2.05. The van der Waals surface area contributed by atoms with E-state index in [0.29, 0.717) is 0 Å². The fourth-order valence-corrected chi connectivity index (χ4v) is 2.22. The van der Waals surface area contributed by atoms with E-state index in [4.69, 9.17) is 4.74 Å². The number of benzene rings is 2. The van der Waals surface area contributed by atoms with Crippen molar-refractivity contribution in [3.8, 4) is 11.5 Å². The van der Waals surface area contributed by atoms with Crippen LogP contribution < -0.4 is 4.74 Å². The number of hydrogen-bond donors (Lipinski definition) is 2. The lowest BCUT2D eigenvalue weighted by Gasteiger charge is -2.10. The van der Waals surface area contributed by atoms with Crippen molar-refractivity contribution in [2.45, 2.75) is 12.8 Å². The molecule has 3 nitrogen and oxygen atoms in total. The number of alkyl halides is 3. The van der Waals surface area contributed by atoms with Crippen LogP contribution in [0.4, 0.5) is 13.2 Å². The van der Waals surface area contributed by atoms with E-state index in [1.807, 2.05) is 0 Å². The van der Waals surface area contributed by atoms with Gasteiger partial charge in [-0.05, 0) is 30.3 Å². The zero-order valence-corrected chi connectivity index (χ0v) is 11.3. The van der Waals surface area contributed by atoms with Crippen LogP contribution in [-0.4, -0.2) is 10.1 Å². The predicted molar refractivity (Wildman–Crippen MR) is 75.7 cm³/mol. The van der Waals surface area contributed by atoms with Crippen LogP contribution in [0.25, 0.3) is 10.9 Å². The molecule has 2 N–H and O–H groups in total. The fourth-order valence-electron chi connectivity index (χ4n) is 2.22. The molecule has 0 fully saturated rings. The molecule has 22 heavy (non-hydrogen) atoms. The van der Waals surface area contributed by atoms with Crippen molar-refractivity contribution in [2.24, 2.45) is 0 Å². The summed E-state index contributed by atoms with van der Waals surface area (Å²) in [7, 11) is 0. The Kier molecular flexibility index (Phi) is 3.44. The van der Waals surface area contributed by atoms with E-state index in [-0.39, 0.29) is 18.1 Å². The Labute approximate surface area is 124 Å². The Morgan fingerprint density at radius 2 is 1.91 bits per heavy atom. The zero-order valence-electron chi connectivity index (χ0n) is 11.3. The fraction of sp³-hybridized carbons (Fsp3) is 0.125. The molecule has 3 aromatic rings. The number of aromatic amines is 1. The number of rotatable bonds is 3. The van der Waals surface area contributed by atoms with Crippen LogP contribution in [0.3, 0.4) is 0 Å². The molecule has 6 heteroatoms. The number of aromatic nitrogens is 1. The second-order valence-corrected chi connectivity index (χ2v) is 4.86. The highest BCUT2D eigenvalue weighted by Crippen LogP contribution is 2.31. The molecule has 1 aromatic heterocycles. The first kappa shape index (κ1) is 14.3. The Morgan fingerprint density at radius 3 is 2.68 bits per heavy atom. The molecular formula is C16H12F3NO2. The Bertz CT molecular complexity index is 809. The Hall–Kier alpha value is -2.63. The first-order valence-electron chi connectivity index (χ1n) is 6.52. The number of H-pyrrole nitrogens is 1. The predicted octanol–water partition coefficient (Wildman–Crippen LogP) is 4.47. The second kappa shape index (κ2) is 5.29. The Morgan fingerprint density at radius 1 is 1.09 bits per heavy atom. The normalized spacial score (nSPS) is 11.8. The first-order chi connectivity index (χ1) is 10.4. The summed E-state index contributed by atoms with van der Waals surface area (Å²) in [4.78, 5) is 2.98. The summed E-state index contributed by atoms with van der Waals surface area (Å²) in [6.07, 6.45) is -2.69. The maximum atomic E-state index is 12.6. The monoisotopic (exact) mass is 307 g/mol. The molecule has 0 bridgehead atoms. The molecule has 1 heterocycles. The Balaban J connectivity index is 1.80. The van der Waals surface area contributed by atoms with Crippen LogP contribution in [0.2, 0.25) is 0 Å². The van der Waals surface area contributed by atoms with E-state index in [0.717, 1.165) is 28.6 Å². The molecule has 0 aliphatic heterocycles. The molecule has 0 unspecified atom stereocenters. The van der Waals surface area contributed by atoms with Gasteiger partial charge in [0.2, 0.25) is 0 Å². The van der Waals surface area contributed by atoms with E-state index >= 15 is 0 Å². The number of hydrogen-bond acceptors (Lipinski definition) is 2. The van der Waals surface area contributed by atoms with Gasteiger partial charge in [0.25, 0.3) is 0 Å². The van der Waals surface area contributed by atoms with Crippen molar-refractivity contribution in [3.63, 3.8) is 0 Å². The van der Waals surface area contributed by atoms with E-state index in [1.54, 1.807) is 24.4 Å². The summed E-state index contributed by atoms with van der Waals surface area (Å²) in [5.74, 6) is 0.294. The van der Waals surface area contributed by atoms with Gasteiger partial charge in [0, 0.05) is 28.7 Å². The summed E-state index contributed by atoms with van der Waals surface area (Å²) in [5, 5.41) is 10.2. The molecule has 0 aliphatic rings. The lowest BCUT2D eigenvalue weighted by atomic mass is 10.2. The van der Waals surface area contributed by atoms with E-state index < -0.39 is 11.7 Å². The second-order valence-electron chi connectivity index (χ2n) is 4.86. The minimum Gasteiger partial charge on any atom is -0.508 e. The molecule has 0 radical (unpaired) electrons. The van der Waals surface area contributed by atoms with Gasteiger partial charge in [-0.25, -0.2) is 0 Å². The third kappa shape index (κ3) is 2.86. The average Bonchev–Trinajstić information content (AvgIpc) is 2.86. The van der Waals surface area contributed by atoms with Crippen molar-refractivity contribution in [3.05, 3.63) is 59.8 Å². The van der Waals surface area contributed by atoms with Crippen LogP contribution in [0.1, 0.15) is 11.1 Å². The van der Waals surface area contributed by atoms with Crippen LogP contribution in [0, 0.1) is 0 Å². The van der Waals surface area contributed by atoms with Crippen LogP contribution in [-0.2, 0) is 12.8 Å². The van der Waals surface area contributed by atoms with Crippen molar-refractivity contribution >= 4 is 10.9 Å². The molecule has 0 atom stereocenters. The standard InChI is InChI=1S/C16H12F3NO2/c17-16(18,19)11-2-1-3-13(6-11)22-9-10-8-20-15-7-12(21)4-5-14(10)15/h1-8,20-21H,9H2. The van der Waals surface area contributed by atoms with Gasteiger partial charge in [0.05, 0.1) is 5.56 Å². The number of phenolic OH excluding ortho intramolecular Hbond substituents is 1. The smallest absolute Gasteiger partial charge is 0.416 e. The van der Waals surface area contributed by atoms with Crippen LogP contribution in [0.5, 0.6) is 11.5 Å². The third-order valence-electron chi connectivity index (χ3n) is 3.31. The molecule has 0 saturated carbocycles. The maximum absolute atomic E-state index is 12.6. The van der Waals surface area contributed by atoms with Crippen molar-refractivity contribution in [2.75, 3.05) is 0 Å². The number of nitrogens with one attached hydrogen (secondary N) is 1. The van der Waals surface area contributed by atoms with Gasteiger partial charge in [0.1, 0.15) is 18.1 Å². The van der Waals surface area contributed by atoms with Gasteiger partial charge >= 0.3 is 6.18 Å². The highest BCUT2D eigenvalue weighted by molar-refractivity contribution is 5.84. The summed E-state index contributed by atoms with van der Waals surface area (Å²) >= 11 is 0. The summed E-state index contributed by atoms with van der Waals surface area (Å²) < 4.78 is 43.4. The molecule has 0 aliphatic carbocycles. The van der Waals surface area contributed by atoms with Crippen LogP contribution in [0.15, 0.2) is 48.7 Å². The summed E-state index contributed by atoms with van der Waals surface area (Å²) in [5.41, 5.74) is 0.795. The molecule has 0 amide bonds. The van der Waals surface area contributed by atoms with Crippen molar-refractivity contribution in [1.29, 1.82) is 0 Å². The van der Waals surface area contributed by atoms with Crippen LogP contribution >= 0.6 is 0 Å². The number of ether oxygens (including phenoxy) is 1. The number of phenols is 1. The molecular weight excluding hydrogens is 295 g/mol. The molecule has 114 valence electrons. The minimum absolute atomic E-state index is 0.131. The highest BCUT2D eigenvalue weighted by atomic mass is 19.4. The van der Waals surface area contributed by atoms with Gasteiger partial charge < -0.3 is 14.8 Å². The average molecular weight is 307 g/mol. The SMILES string of the molecule is Oc1ccc2c(COc3cccc(C(F)(F)F)c3)c[nH]c2c1. The first-order valence-corrected chi connectivity index (χ1v) is 6.52. The number of aromatic hydroxyl groups is 1. The van der Waals surface area contributed by atoms with E-state index in [2.05, 4.69) is 4.98 Å². The third-order valence-corrected chi connectivity index (χ3v) is 3.31. The molecule has 3 rings (SSSR count). The molecule has 2 aromatic carbocycles. The maximum Gasteiger partial charge on any atom is 0.416 e. The number of fused-ring (bicyclic) bond motifs is 1. The molecule has 0 saturated heterocycles. The van der Waals surface area contributed by atoms with E-state index in [1.165, 1.54) is 12.1 Å². The lowest BCUT2D eigenvalue weighted by molar-refractivity contribution is -0.137. The largest absolute Gasteiger partial charge is 0.508 e. The minimum atomic E-state index is -4.39.